The third-order valence-electron chi connectivity index (χ3n) is 6.19. The third-order valence-corrected chi connectivity index (χ3v) is 9.88. The number of anilines is 1. The molecule has 1 aliphatic heterocycles. The average molecular weight is 667 g/mol. The van der Waals surface area contributed by atoms with Crippen molar-refractivity contribution in [2.24, 2.45) is 0 Å². The number of aryl methyl sites for hydroxylation is 1. The summed E-state index contributed by atoms with van der Waals surface area (Å²) < 4.78 is 35.3. The molecule has 0 amide bonds. The molecule has 11 heteroatoms. The maximum atomic E-state index is 13.1. The molecule has 7 nitrogen and oxygen atoms in total. The summed E-state index contributed by atoms with van der Waals surface area (Å²) in [6, 6.07) is 14.0. The Morgan fingerprint density at radius 1 is 1.16 bits per heavy atom. The minimum absolute atomic E-state index is 0.156. The molecule has 0 atom stereocenters. The number of halogens is 1. The lowest BCUT2D eigenvalue weighted by atomic mass is 9.88. The number of para-hydroxylation sites is 1. The van der Waals surface area contributed by atoms with Gasteiger partial charge in [0.2, 0.25) is 5.52 Å². The van der Waals surface area contributed by atoms with Gasteiger partial charge >= 0.3 is 0 Å². The van der Waals surface area contributed by atoms with E-state index >= 15 is 0 Å². The van der Waals surface area contributed by atoms with Crippen LogP contribution in [0.3, 0.4) is 0 Å². The number of aromatic nitrogens is 1. The molecule has 0 saturated heterocycles. The van der Waals surface area contributed by atoms with Gasteiger partial charge in [-0.2, -0.15) is 13.0 Å². The molecule has 192 valence electrons. The van der Waals surface area contributed by atoms with Crippen LogP contribution in [0.2, 0.25) is 0 Å². The van der Waals surface area contributed by atoms with E-state index in [1.165, 1.54) is 11.3 Å². The van der Waals surface area contributed by atoms with Crippen LogP contribution in [0.5, 0.6) is 0 Å². The van der Waals surface area contributed by atoms with Gasteiger partial charge in [0, 0.05) is 44.7 Å². The Balaban J connectivity index is 1.45. The lowest BCUT2D eigenvalue weighted by molar-refractivity contribution is -0.669. The summed E-state index contributed by atoms with van der Waals surface area (Å²) in [4.78, 5) is 16.3. The van der Waals surface area contributed by atoms with Crippen molar-refractivity contribution in [1.29, 1.82) is 0 Å². The minimum atomic E-state index is -4.01. The molecule has 1 aromatic heterocycles. The second-order valence-corrected chi connectivity index (χ2v) is 13.6. The molecule has 0 spiro atoms. The van der Waals surface area contributed by atoms with Crippen LogP contribution in [0.4, 0.5) is 5.69 Å². The molecule has 2 heterocycles. The lowest BCUT2D eigenvalue weighted by Gasteiger charge is -2.29. The number of unbranched alkanes of at least 4 members (excludes halogenated alkanes) is 1. The van der Waals surface area contributed by atoms with Crippen molar-refractivity contribution in [1.82, 2.24) is 0 Å². The zero-order chi connectivity index (χ0) is 26.3. The summed E-state index contributed by atoms with van der Waals surface area (Å²) in [6.45, 7) is 3.26. The summed E-state index contributed by atoms with van der Waals surface area (Å²) in [5.74, 6) is -0.838. The van der Waals surface area contributed by atoms with Gasteiger partial charge in [-0.25, -0.2) is 0 Å². The highest BCUT2D eigenvalue weighted by Gasteiger charge is 2.31. The normalized spacial score (nSPS) is 17.8. The van der Waals surface area contributed by atoms with Crippen molar-refractivity contribution < 1.29 is 27.4 Å². The van der Waals surface area contributed by atoms with E-state index in [2.05, 4.69) is 27.5 Å². The fraction of sp³-hybridized carbons (Fsp3) is 0.231. The lowest BCUT2D eigenvalue weighted by Crippen LogP contribution is -2.36. The Hall–Kier alpha value is -2.19. The van der Waals surface area contributed by atoms with E-state index < -0.39 is 10.1 Å². The summed E-state index contributed by atoms with van der Waals surface area (Å²) in [5.41, 5.74) is 2.37. The number of fused-ring (bicyclic) bond motifs is 2. The number of benzene rings is 2. The monoisotopic (exact) mass is 666 g/mol. The van der Waals surface area contributed by atoms with E-state index in [1.54, 1.807) is 23.9 Å². The van der Waals surface area contributed by atoms with E-state index in [0.717, 1.165) is 41.0 Å². The SMILES string of the molecule is CCN1/C(=C\C2=C([O-])C(=C\c3sc4cc(I)ccc4[n+]3CCCCS(=O)(=O)O)/C2=O)Sc2ccccc21. The first-order chi connectivity index (χ1) is 17.7. The van der Waals surface area contributed by atoms with Gasteiger partial charge in [-0.05, 0) is 66.3 Å². The fourth-order valence-electron chi connectivity index (χ4n) is 4.40. The highest BCUT2D eigenvalue weighted by Crippen LogP contribution is 2.47. The van der Waals surface area contributed by atoms with Gasteiger partial charge in [-0.3, -0.25) is 9.35 Å². The van der Waals surface area contributed by atoms with Crippen molar-refractivity contribution in [3.63, 3.8) is 0 Å². The molecule has 3 aromatic rings. The first kappa shape index (κ1) is 26.4. The van der Waals surface area contributed by atoms with E-state index in [9.17, 15) is 18.3 Å². The zero-order valence-electron chi connectivity index (χ0n) is 19.8. The maximum absolute atomic E-state index is 13.1. The summed E-state index contributed by atoms with van der Waals surface area (Å²) in [6.07, 6.45) is 4.18. The van der Waals surface area contributed by atoms with Crippen molar-refractivity contribution in [3.05, 3.63) is 79.1 Å². The van der Waals surface area contributed by atoms with Gasteiger partial charge in [0.25, 0.3) is 15.1 Å². The molecule has 2 aliphatic rings. The number of thiazole rings is 1. The molecule has 0 unspecified atom stereocenters. The van der Waals surface area contributed by atoms with Crippen LogP contribution in [0, 0.1) is 3.57 Å². The van der Waals surface area contributed by atoms with Crippen molar-refractivity contribution in [3.8, 4) is 0 Å². The van der Waals surface area contributed by atoms with Gasteiger partial charge in [-0.1, -0.05) is 41.0 Å². The van der Waals surface area contributed by atoms with E-state index in [1.807, 2.05) is 54.0 Å². The predicted octanol–water partition coefficient (Wildman–Crippen LogP) is 4.52. The highest BCUT2D eigenvalue weighted by molar-refractivity contribution is 14.1. The number of rotatable bonds is 8. The maximum Gasteiger partial charge on any atom is 0.264 e. The number of nitrogens with zero attached hydrogens (tertiary/aromatic N) is 2. The van der Waals surface area contributed by atoms with E-state index in [4.69, 9.17) is 4.55 Å². The quantitative estimate of drug-likeness (QED) is 0.124. The van der Waals surface area contributed by atoms with E-state index in [-0.39, 0.29) is 28.4 Å². The van der Waals surface area contributed by atoms with Crippen LogP contribution < -0.4 is 14.6 Å². The fourth-order valence-corrected chi connectivity index (χ4v) is 8.01. The Morgan fingerprint density at radius 3 is 2.68 bits per heavy atom. The second-order valence-electron chi connectivity index (χ2n) is 8.62. The van der Waals surface area contributed by atoms with Crippen LogP contribution >= 0.6 is 45.7 Å². The highest BCUT2D eigenvalue weighted by atomic mass is 127. The molecule has 0 saturated carbocycles. The first-order valence-corrected chi connectivity index (χ1v) is 16.0. The van der Waals surface area contributed by atoms with Gasteiger partial charge in [0.1, 0.15) is 4.70 Å². The number of hydrogen-bond acceptors (Lipinski definition) is 7. The predicted molar refractivity (Wildman–Crippen MR) is 154 cm³/mol. The van der Waals surface area contributed by atoms with Gasteiger partial charge in [0.15, 0.2) is 12.3 Å². The third kappa shape index (κ3) is 5.37. The Labute approximate surface area is 237 Å². The molecule has 1 aliphatic carbocycles. The number of hydrogen-bond donors (Lipinski definition) is 1. The zero-order valence-corrected chi connectivity index (χ0v) is 24.4. The van der Waals surface area contributed by atoms with Gasteiger partial charge in [0.05, 0.1) is 16.5 Å². The molecule has 2 aromatic carbocycles. The molecule has 0 bridgehead atoms. The number of carbonyl (C=O) groups is 1. The molecule has 5 rings (SSSR count). The molecule has 0 fully saturated rings. The van der Waals surface area contributed by atoms with Crippen LogP contribution in [0.1, 0.15) is 24.8 Å². The summed E-state index contributed by atoms with van der Waals surface area (Å²) >= 11 is 5.28. The number of ketones is 1. The Bertz CT molecular complexity index is 1620. The second kappa shape index (κ2) is 10.5. The number of thioether (sulfide) groups is 1. The standard InChI is InChI=1S/C26H23IN2O5S3/c1-2-28-19-7-3-4-8-21(19)35-23(28)14-17-25(30)18(26(17)31)15-24-29(11-5-6-12-37(32,33)34)20-10-9-16(27)13-22(20)36-24/h3-4,7-10,13-15H,2,5-6,11-12H2,1H3,(H-,30,31,32,33,34). The molecular formula is C26H23IN2O5S3. The minimum Gasteiger partial charge on any atom is -0.871 e. The van der Waals surface area contributed by atoms with Crippen LogP contribution in [0.25, 0.3) is 16.3 Å². The Morgan fingerprint density at radius 2 is 1.95 bits per heavy atom. The van der Waals surface area contributed by atoms with Crippen LogP contribution in [-0.2, 0) is 21.5 Å². The smallest absolute Gasteiger partial charge is 0.264 e. The van der Waals surface area contributed by atoms with E-state index in [0.29, 0.717) is 19.4 Å². The largest absolute Gasteiger partial charge is 0.871 e. The summed E-state index contributed by atoms with van der Waals surface area (Å²) in [5, 5.41) is 14.7. The van der Waals surface area contributed by atoms with Crippen molar-refractivity contribution >= 4 is 83.6 Å². The van der Waals surface area contributed by atoms with Crippen LogP contribution in [-0.4, -0.2) is 31.1 Å². The Kier molecular flexibility index (Phi) is 7.51. The molecular weight excluding hydrogens is 643 g/mol. The number of carbonyl (C=O) groups excluding carboxylic acids is 1. The van der Waals surface area contributed by atoms with Gasteiger partial charge in [-0.15, -0.1) is 0 Å². The van der Waals surface area contributed by atoms with Gasteiger partial charge < -0.3 is 10.0 Å². The van der Waals surface area contributed by atoms with Crippen molar-refractivity contribution in [2.45, 2.75) is 31.2 Å². The average Bonchev–Trinajstić information content (AvgIpc) is 3.39. The number of allylic oxidation sites excluding steroid dienone is 3. The van der Waals surface area contributed by atoms with Crippen molar-refractivity contribution in [2.75, 3.05) is 17.2 Å². The topological polar surface area (TPSA) is 102 Å². The molecule has 37 heavy (non-hydrogen) atoms. The number of Topliss-reactive ketones (excluding diaryl/α,β-unsaturated/α-hetero) is 1. The molecule has 1 N–H and O–H groups in total. The first-order valence-electron chi connectivity index (χ1n) is 11.7. The molecule has 0 radical (unpaired) electrons. The van der Waals surface area contributed by atoms with Crippen LogP contribution in [0.15, 0.2) is 75.4 Å². The summed E-state index contributed by atoms with van der Waals surface area (Å²) in [7, 11) is -4.01.